The summed E-state index contributed by atoms with van der Waals surface area (Å²) in [6, 6.07) is 8.75. The molecule has 35 heavy (non-hydrogen) atoms. The Bertz CT molecular complexity index is 1010. The first-order chi connectivity index (χ1) is 16.3. The molecule has 1 aromatic carbocycles. The Labute approximate surface area is 214 Å². The number of aliphatic imine (C=N–C) groups is 1. The Kier molecular flexibility index (Phi) is 8.55. The van der Waals surface area contributed by atoms with E-state index in [0.717, 1.165) is 5.71 Å². The zero-order valence-corrected chi connectivity index (χ0v) is 24.7. The quantitative estimate of drug-likeness (QED) is 0.343. The van der Waals surface area contributed by atoms with Gasteiger partial charge in [0.2, 0.25) is 8.32 Å². The van der Waals surface area contributed by atoms with Crippen molar-refractivity contribution >= 4 is 29.6 Å². The fourth-order valence-electron chi connectivity index (χ4n) is 7.26. The Balaban J connectivity index is 2.18. The average Bonchev–Trinajstić information content (AvgIpc) is 2.77. The first kappa shape index (κ1) is 28.3. The van der Waals surface area contributed by atoms with Crippen LogP contribution in [0.1, 0.15) is 81.1 Å². The lowest BCUT2D eigenvalue weighted by Gasteiger charge is -2.52. The summed E-state index contributed by atoms with van der Waals surface area (Å²) in [7, 11) is -6.04. The maximum Gasteiger partial charge on any atom is 0.200 e. The highest BCUT2D eigenvalue weighted by Crippen LogP contribution is 2.51. The van der Waals surface area contributed by atoms with Gasteiger partial charge in [-0.15, -0.1) is 0 Å². The van der Waals surface area contributed by atoms with Crippen molar-refractivity contribution in [3.05, 3.63) is 30.3 Å². The lowest BCUT2D eigenvalue weighted by molar-refractivity contribution is -0.118. The van der Waals surface area contributed by atoms with Gasteiger partial charge in [0.05, 0.1) is 17.5 Å². The van der Waals surface area contributed by atoms with Crippen molar-refractivity contribution in [3.8, 4) is 0 Å². The maximum atomic E-state index is 14.5. The van der Waals surface area contributed by atoms with E-state index >= 15 is 0 Å². The van der Waals surface area contributed by atoms with Gasteiger partial charge >= 0.3 is 0 Å². The van der Waals surface area contributed by atoms with Crippen molar-refractivity contribution in [3.63, 3.8) is 0 Å². The number of carbonyl (C=O) groups excluding carboxylic acids is 1. The van der Waals surface area contributed by atoms with Crippen LogP contribution in [-0.4, -0.2) is 45.6 Å². The Morgan fingerprint density at radius 2 is 1.66 bits per heavy atom. The Morgan fingerprint density at radius 1 is 1.09 bits per heavy atom. The van der Waals surface area contributed by atoms with E-state index in [2.05, 4.69) is 48.5 Å². The SMILES string of the molecule is CC(=O)CC1CC(C)CC2=NCC(O[Si](C(C)C)(C(C)C)C(C)C)CC21S(=O)(=O)c1ccccc1. The van der Waals surface area contributed by atoms with E-state index in [4.69, 9.17) is 9.42 Å². The van der Waals surface area contributed by atoms with Gasteiger partial charge in [-0.05, 0) is 66.8 Å². The molecule has 0 aromatic heterocycles. The molecule has 0 spiro atoms. The molecule has 196 valence electrons. The minimum atomic E-state index is -3.80. The fourth-order valence-corrected chi connectivity index (χ4v) is 15.2. The molecule has 1 aliphatic heterocycles. The van der Waals surface area contributed by atoms with E-state index in [9.17, 15) is 13.2 Å². The van der Waals surface area contributed by atoms with Gasteiger partial charge in [-0.25, -0.2) is 8.42 Å². The third-order valence-corrected chi connectivity index (χ3v) is 17.3. The lowest BCUT2D eigenvalue weighted by Crippen LogP contribution is -2.62. The molecule has 0 bridgehead atoms. The highest BCUT2D eigenvalue weighted by Gasteiger charge is 2.60. The summed E-state index contributed by atoms with van der Waals surface area (Å²) in [4.78, 5) is 17.7. The second-order valence-electron chi connectivity index (χ2n) is 11.9. The number of benzene rings is 1. The zero-order valence-electron chi connectivity index (χ0n) is 22.9. The molecule has 0 N–H and O–H groups in total. The summed E-state index contributed by atoms with van der Waals surface area (Å²) < 4.78 is 35.0. The van der Waals surface area contributed by atoms with Crippen LogP contribution in [0, 0.1) is 11.8 Å². The molecule has 1 aliphatic carbocycles. The molecule has 1 heterocycles. The normalized spacial score (nSPS) is 27.7. The number of hydrogen-bond acceptors (Lipinski definition) is 5. The van der Waals surface area contributed by atoms with E-state index in [-0.39, 0.29) is 24.2 Å². The van der Waals surface area contributed by atoms with Gasteiger partial charge in [0.1, 0.15) is 10.5 Å². The predicted octanol–water partition coefficient (Wildman–Crippen LogP) is 6.63. The highest BCUT2D eigenvalue weighted by atomic mass is 32.2. The molecule has 4 atom stereocenters. The van der Waals surface area contributed by atoms with Gasteiger partial charge in [-0.2, -0.15) is 0 Å². The van der Waals surface area contributed by atoms with Crippen molar-refractivity contribution in [2.24, 2.45) is 16.8 Å². The molecule has 0 saturated heterocycles. The van der Waals surface area contributed by atoms with E-state index < -0.39 is 22.9 Å². The first-order valence-corrected chi connectivity index (χ1v) is 16.9. The number of nitrogens with zero attached hydrogens (tertiary/aromatic N) is 1. The standard InChI is InChI=1S/C28H45NO4SSi/c1-19(2)35(20(3)4,21(5)6)33-25-17-28(34(31,32)26-12-10-9-11-13-26)24(16-23(8)30)14-22(7)15-27(28)29-18-25/h9-13,19-22,24-25H,14-18H2,1-8H3. The summed E-state index contributed by atoms with van der Waals surface area (Å²) >= 11 is 0. The molecule has 1 saturated carbocycles. The van der Waals surface area contributed by atoms with E-state index in [1.165, 1.54) is 0 Å². The van der Waals surface area contributed by atoms with Crippen LogP contribution in [0.25, 0.3) is 0 Å². The molecule has 0 amide bonds. The van der Waals surface area contributed by atoms with Gasteiger partial charge in [0, 0.05) is 12.1 Å². The van der Waals surface area contributed by atoms with Crippen LogP contribution in [0.15, 0.2) is 40.2 Å². The molecule has 0 radical (unpaired) electrons. The van der Waals surface area contributed by atoms with Crippen LogP contribution in [0.3, 0.4) is 0 Å². The van der Waals surface area contributed by atoms with Crippen molar-refractivity contribution < 1.29 is 17.6 Å². The lowest BCUT2D eigenvalue weighted by atomic mass is 9.67. The second-order valence-corrected chi connectivity index (χ2v) is 19.5. The van der Waals surface area contributed by atoms with E-state index in [1.54, 1.807) is 31.2 Å². The predicted molar refractivity (Wildman–Crippen MR) is 146 cm³/mol. The summed E-state index contributed by atoms with van der Waals surface area (Å²) in [5.41, 5.74) is 1.95. The van der Waals surface area contributed by atoms with Crippen molar-refractivity contribution in [2.75, 3.05) is 6.54 Å². The van der Waals surface area contributed by atoms with Crippen LogP contribution in [0.5, 0.6) is 0 Å². The molecule has 2 aliphatic rings. The number of carbonyl (C=O) groups is 1. The Hall–Kier alpha value is -1.31. The molecule has 3 rings (SSSR count). The summed E-state index contributed by atoms with van der Waals surface area (Å²) in [5, 5.41) is 0. The van der Waals surface area contributed by atoms with Gasteiger partial charge in [-0.3, -0.25) is 4.99 Å². The van der Waals surface area contributed by atoms with E-state index in [0.29, 0.717) is 53.2 Å². The number of hydrogen-bond donors (Lipinski definition) is 0. The average molecular weight is 520 g/mol. The van der Waals surface area contributed by atoms with Crippen LogP contribution >= 0.6 is 0 Å². The van der Waals surface area contributed by atoms with Gasteiger partial charge in [0.25, 0.3) is 0 Å². The minimum Gasteiger partial charge on any atom is -0.411 e. The monoisotopic (exact) mass is 519 g/mol. The third kappa shape index (κ3) is 4.97. The maximum absolute atomic E-state index is 14.5. The topological polar surface area (TPSA) is 72.8 Å². The van der Waals surface area contributed by atoms with Gasteiger partial charge < -0.3 is 9.22 Å². The van der Waals surface area contributed by atoms with Crippen LogP contribution in [0.2, 0.25) is 16.6 Å². The Morgan fingerprint density at radius 3 is 2.17 bits per heavy atom. The second kappa shape index (κ2) is 10.6. The number of ketones is 1. The molecule has 1 fully saturated rings. The first-order valence-electron chi connectivity index (χ1n) is 13.3. The number of sulfone groups is 1. The van der Waals surface area contributed by atoms with Gasteiger partial charge in [0.15, 0.2) is 9.84 Å². The number of Topliss-reactive ketones (excluding diaryl/α,β-unsaturated/α-hetero) is 1. The largest absolute Gasteiger partial charge is 0.411 e. The smallest absolute Gasteiger partial charge is 0.200 e. The third-order valence-electron chi connectivity index (χ3n) is 8.54. The summed E-state index contributed by atoms with van der Waals surface area (Å²) in [5.74, 6) is 0.0295. The highest BCUT2D eigenvalue weighted by molar-refractivity contribution is 7.93. The fraction of sp³-hybridized carbons (Fsp3) is 0.714. The molecule has 7 heteroatoms. The summed E-state index contributed by atoms with van der Waals surface area (Å²) in [6.45, 7) is 17.7. The molecular weight excluding hydrogens is 474 g/mol. The van der Waals surface area contributed by atoms with Crippen LogP contribution < -0.4 is 0 Å². The van der Waals surface area contributed by atoms with Crippen molar-refractivity contribution in [1.82, 2.24) is 0 Å². The minimum absolute atomic E-state index is 0.0318. The zero-order chi connectivity index (χ0) is 26.2. The van der Waals surface area contributed by atoms with Crippen LogP contribution in [-0.2, 0) is 19.1 Å². The number of fused-ring (bicyclic) bond motifs is 1. The molecule has 1 aromatic rings. The van der Waals surface area contributed by atoms with Crippen molar-refractivity contribution in [1.29, 1.82) is 0 Å². The van der Waals surface area contributed by atoms with Crippen LogP contribution in [0.4, 0.5) is 0 Å². The summed E-state index contributed by atoms with van der Waals surface area (Å²) in [6.07, 6.45) is 1.74. The van der Waals surface area contributed by atoms with E-state index in [1.807, 2.05) is 6.07 Å². The molecular formula is C28H45NO4SSi. The molecule has 4 unspecified atom stereocenters. The number of rotatable bonds is 9. The van der Waals surface area contributed by atoms with Crippen molar-refractivity contribution in [2.45, 2.75) is 113 Å². The molecule has 5 nitrogen and oxygen atoms in total. The van der Waals surface area contributed by atoms with Gasteiger partial charge in [-0.1, -0.05) is 66.7 Å².